The molecule has 18 heteroatoms. The maximum absolute atomic E-state index is 13.0. The molecule has 1 rings (SSSR count). The minimum atomic E-state index is -1.14. The van der Waals surface area contributed by atoms with Gasteiger partial charge in [0.25, 0.3) is 0 Å². The van der Waals surface area contributed by atoms with Gasteiger partial charge in [0.15, 0.2) is 5.78 Å². The zero-order valence-corrected chi connectivity index (χ0v) is 44.8. The molecule has 0 saturated heterocycles. The van der Waals surface area contributed by atoms with Crippen LogP contribution in [0.2, 0.25) is 0 Å². The fraction of sp³-hybridized carbons (Fsp3) is 0.815. The molecule has 0 aromatic carbocycles. The normalized spacial score (nSPS) is 12.8. The van der Waals surface area contributed by atoms with Crippen molar-refractivity contribution in [3.8, 4) is 0 Å². The van der Waals surface area contributed by atoms with Crippen LogP contribution in [-0.4, -0.2) is 134 Å². The molecule has 0 radical (unpaired) electrons. The molecule has 18 nitrogen and oxygen atoms in total. The summed E-state index contributed by atoms with van der Waals surface area (Å²) < 4.78 is 21.6. The number of ether oxygens (including phenoxy) is 4. The molecule has 0 unspecified atom stereocenters. The van der Waals surface area contributed by atoms with Crippen molar-refractivity contribution < 1.29 is 57.6 Å². The smallest absolute Gasteiger partial charge is 0.326 e. The van der Waals surface area contributed by atoms with Crippen molar-refractivity contribution in [1.82, 2.24) is 25.9 Å². The van der Waals surface area contributed by atoms with Crippen molar-refractivity contribution in [3.63, 3.8) is 0 Å². The third-order valence-electron chi connectivity index (χ3n) is 12.6. The Morgan fingerprint density at radius 3 is 1.78 bits per heavy atom. The van der Waals surface area contributed by atoms with Crippen molar-refractivity contribution in [2.24, 2.45) is 17.1 Å². The predicted octanol–water partition coefficient (Wildman–Crippen LogP) is 7.29. The van der Waals surface area contributed by atoms with Gasteiger partial charge in [-0.25, -0.2) is 9.78 Å². The molecule has 7 N–H and O–H groups in total. The minimum absolute atomic E-state index is 0.0369. The van der Waals surface area contributed by atoms with Crippen molar-refractivity contribution in [2.45, 2.75) is 207 Å². The average molecular weight is 1020 g/mol. The van der Waals surface area contributed by atoms with E-state index in [1.165, 1.54) is 83.4 Å². The fourth-order valence-corrected chi connectivity index (χ4v) is 8.07. The topological polar surface area (TPSA) is 267 Å². The second-order valence-electron chi connectivity index (χ2n) is 20.0. The zero-order chi connectivity index (χ0) is 53.1. The number of nitrogens with two attached hydrogens (primary N) is 1. The van der Waals surface area contributed by atoms with Gasteiger partial charge in [0.2, 0.25) is 17.7 Å². The molecule has 0 spiro atoms. The number of hydrogen-bond donors (Lipinski definition) is 6. The van der Waals surface area contributed by atoms with Crippen LogP contribution in [0.1, 0.15) is 194 Å². The summed E-state index contributed by atoms with van der Waals surface area (Å²) in [6.45, 7) is 9.86. The lowest BCUT2D eigenvalue weighted by molar-refractivity contribution is -0.142. The summed E-state index contributed by atoms with van der Waals surface area (Å²) in [5.74, 6) is -2.03. The van der Waals surface area contributed by atoms with E-state index in [0.717, 1.165) is 44.2 Å². The number of unbranched alkanes of at least 4 members (excludes halogenated alkanes) is 15. The van der Waals surface area contributed by atoms with E-state index in [4.69, 9.17) is 24.7 Å². The lowest BCUT2D eigenvalue weighted by atomic mass is 9.78. The predicted molar refractivity (Wildman–Crippen MR) is 278 cm³/mol. The zero-order valence-electron chi connectivity index (χ0n) is 44.8. The molecular weight excluding hydrogens is 925 g/mol. The van der Waals surface area contributed by atoms with Gasteiger partial charge in [-0.05, 0) is 31.6 Å². The van der Waals surface area contributed by atoms with Gasteiger partial charge >= 0.3 is 5.97 Å². The number of aromatic nitrogens is 2. The Labute approximate surface area is 431 Å². The van der Waals surface area contributed by atoms with E-state index in [2.05, 4.69) is 32.8 Å². The van der Waals surface area contributed by atoms with Crippen LogP contribution in [0.25, 0.3) is 0 Å². The van der Waals surface area contributed by atoms with Crippen LogP contribution in [0.3, 0.4) is 0 Å². The Morgan fingerprint density at radius 2 is 1.21 bits per heavy atom. The Balaban J connectivity index is 1.94. The number of imidazole rings is 1. The standard InChI is InChI=1S/C54H96N6O12/c1-5-6-7-8-9-10-11-12-13-14-15-16-17-18-19-25-50(64)60-47(53(67)68)27-26-45(61)24-22-30-69-32-34-71-41-52(66)58-29-31-70-33-35-72-40-51(65)57-28-21-20-23-43(2)36-49(63)54(3,4)38-48(62)46(55)37-44-39-56-42-59-44/h39,42-43,46-47H,5-38,40-41,55H2,1-4H3,(H,56,59)(H,57,65)(H,58,66)(H,60,64)(H,67,68)/t43-,46+,47+/m1/s1. The molecule has 0 fully saturated rings. The number of hydrogen-bond acceptors (Lipinski definition) is 13. The highest BCUT2D eigenvalue weighted by Gasteiger charge is 2.32. The quantitative estimate of drug-likeness (QED) is 0.0350. The van der Waals surface area contributed by atoms with Gasteiger partial charge in [0.05, 0.1) is 45.4 Å². The molecule has 1 heterocycles. The van der Waals surface area contributed by atoms with E-state index in [0.29, 0.717) is 32.4 Å². The number of nitrogens with one attached hydrogen (secondary N) is 4. The first kappa shape index (κ1) is 65.9. The largest absolute Gasteiger partial charge is 0.480 e. The van der Waals surface area contributed by atoms with Crippen LogP contribution < -0.4 is 21.7 Å². The average Bonchev–Trinajstić information content (AvgIpc) is 3.85. The molecule has 0 aliphatic carbocycles. The summed E-state index contributed by atoms with van der Waals surface area (Å²) in [6, 6.07) is -1.78. The summed E-state index contributed by atoms with van der Waals surface area (Å²) in [4.78, 5) is 93.2. The van der Waals surface area contributed by atoms with Gasteiger partial charge in [-0.15, -0.1) is 0 Å². The molecule has 3 atom stereocenters. The van der Waals surface area contributed by atoms with E-state index in [1.54, 1.807) is 20.0 Å². The molecule has 1 aromatic heterocycles. The van der Waals surface area contributed by atoms with Crippen LogP contribution >= 0.6 is 0 Å². The van der Waals surface area contributed by atoms with E-state index >= 15 is 0 Å². The Kier molecular flexibility index (Phi) is 39.7. The van der Waals surface area contributed by atoms with Crippen molar-refractivity contribution in [1.29, 1.82) is 0 Å². The Hall–Kier alpha value is -4.10. The summed E-state index contributed by atoms with van der Waals surface area (Å²) in [5, 5.41) is 17.7. The number of nitrogens with zero attached hydrogens (tertiary/aromatic N) is 1. The first-order valence-electron chi connectivity index (χ1n) is 27.3. The van der Waals surface area contributed by atoms with Crippen molar-refractivity contribution in [2.75, 3.05) is 65.9 Å². The Morgan fingerprint density at radius 1 is 0.653 bits per heavy atom. The number of carboxylic acids is 1. The van der Waals surface area contributed by atoms with Gasteiger partial charge in [-0.1, -0.05) is 130 Å². The number of ketones is 3. The monoisotopic (exact) mass is 1020 g/mol. The third-order valence-corrected chi connectivity index (χ3v) is 12.6. The second kappa shape index (κ2) is 43.3. The van der Waals surface area contributed by atoms with Gasteiger partial charge in [0.1, 0.15) is 30.8 Å². The highest BCUT2D eigenvalue weighted by molar-refractivity contribution is 5.92. The minimum Gasteiger partial charge on any atom is -0.480 e. The number of carboxylic acid groups (broad SMARTS) is 1. The molecule has 72 heavy (non-hydrogen) atoms. The van der Waals surface area contributed by atoms with Crippen LogP contribution in [0.5, 0.6) is 0 Å². The second-order valence-corrected chi connectivity index (χ2v) is 20.0. The van der Waals surface area contributed by atoms with Gasteiger partial charge in [-0.2, -0.15) is 0 Å². The SMILES string of the molecule is CCCCCCCCCCCCCCCCCC(=O)N[C@@H](CCC(=O)CCCOCCOCC(=O)NCCOCCOCC(=O)NCCCC[C@@H](C)CC(=O)C(C)(C)CC(=O)[C@@H](N)Cc1cnc[nH]1)C(=O)O. The first-order valence-corrected chi connectivity index (χ1v) is 27.3. The number of aromatic amines is 1. The molecular formula is C54H96N6O12. The van der Waals surface area contributed by atoms with Crippen LogP contribution in [-0.2, 0) is 58.9 Å². The number of carbonyl (C=O) groups excluding carboxylic acids is 6. The number of rotatable bonds is 51. The molecule has 3 amide bonds. The van der Waals surface area contributed by atoms with Crippen molar-refractivity contribution in [3.05, 3.63) is 18.2 Å². The van der Waals surface area contributed by atoms with Gasteiger partial charge < -0.3 is 50.7 Å². The summed E-state index contributed by atoms with van der Waals surface area (Å²) in [7, 11) is 0. The maximum atomic E-state index is 13.0. The van der Waals surface area contributed by atoms with E-state index in [-0.39, 0.29) is 126 Å². The molecule has 0 aliphatic rings. The molecule has 0 saturated carbocycles. The van der Waals surface area contributed by atoms with Crippen LogP contribution in [0.4, 0.5) is 0 Å². The lowest BCUT2D eigenvalue weighted by Crippen LogP contribution is -2.41. The van der Waals surface area contributed by atoms with E-state index in [9.17, 15) is 38.7 Å². The number of aliphatic carboxylic acids is 1. The molecule has 0 aliphatic heterocycles. The number of Topliss-reactive ketones (excluding diaryl/α,β-unsaturated/α-hetero) is 3. The number of amides is 3. The third kappa shape index (κ3) is 37.6. The summed E-state index contributed by atoms with van der Waals surface area (Å²) in [5.41, 5.74) is 6.06. The number of H-pyrrole nitrogens is 1. The summed E-state index contributed by atoms with van der Waals surface area (Å²) >= 11 is 0. The lowest BCUT2D eigenvalue weighted by Gasteiger charge is -2.25. The fourth-order valence-electron chi connectivity index (χ4n) is 8.07. The molecule has 414 valence electrons. The van der Waals surface area contributed by atoms with Gasteiger partial charge in [-0.3, -0.25) is 28.8 Å². The van der Waals surface area contributed by atoms with E-state index in [1.807, 2.05) is 6.92 Å². The van der Waals surface area contributed by atoms with E-state index < -0.39 is 23.5 Å². The summed E-state index contributed by atoms with van der Waals surface area (Å²) in [6.07, 6.45) is 26.0. The highest BCUT2D eigenvalue weighted by atomic mass is 16.5. The molecule has 0 bridgehead atoms. The molecule has 1 aromatic rings. The van der Waals surface area contributed by atoms with Crippen LogP contribution in [0.15, 0.2) is 12.5 Å². The maximum Gasteiger partial charge on any atom is 0.326 e. The van der Waals surface area contributed by atoms with Crippen LogP contribution in [0, 0.1) is 11.3 Å². The highest BCUT2D eigenvalue weighted by Crippen LogP contribution is 2.28. The Bertz CT molecular complexity index is 1610. The van der Waals surface area contributed by atoms with Crippen molar-refractivity contribution >= 4 is 41.0 Å². The first-order chi connectivity index (χ1) is 34.6. The van der Waals surface area contributed by atoms with Gasteiger partial charge in [0, 0.05) is 75.5 Å². The number of carbonyl (C=O) groups is 7.